The van der Waals surface area contributed by atoms with Gasteiger partial charge in [0.05, 0.1) is 5.41 Å². The second kappa shape index (κ2) is 7.70. The Kier molecular flexibility index (Phi) is 4.29. The minimum absolute atomic E-state index is 0.402. The maximum Gasteiger partial charge on any atom is 0.0732 e. The van der Waals surface area contributed by atoms with Crippen molar-refractivity contribution < 1.29 is 0 Å². The minimum atomic E-state index is -0.402. The van der Waals surface area contributed by atoms with Crippen molar-refractivity contribution in [2.45, 2.75) is 5.41 Å². The molecule has 1 heterocycles. The first-order valence-electron chi connectivity index (χ1n) is 13.3. The number of fused-ring (bicyclic) bond motifs is 14. The molecule has 0 amide bonds. The Morgan fingerprint density at radius 3 is 2.08 bits per heavy atom. The largest absolute Gasteiger partial charge is 0.135 e. The van der Waals surface area contributed by atoms with E-state index in [4.69, 9.17) is 11.6 Å². The summed E-state index contributed by atoms with van der Waals surface area (Å²) in [6, 6.07) is 46.8. The highest BCUT2D eigenvalue weighted by Crippen LogP contribution is 2.65. The molecule has 0 radical (unpaired) electrons. The summed E-state index contributed by atoms with van der Waals surface area (Å²) in [7, 11) is 0. The van der Waals surface area contributed by atoms with Crippen molar-refractivity contribution >= 4 is 43.1 Å². The highest BCUT2D eigenvalue weighted by atomic mass is 35.5. The van der Waals surface area contributed by atoms with E-state index in [-0.39, 0.29) is 0 Å². The summed E-state index contributed by atoms with van der Waals surface area (Å²) in [5.74, 6) is 0. The number of hydrogen-bond donors (Lipinski definition) is 0. The van der Waals surface area contributed by atoms with Crippen LogP contribution in [0.4, 0.5) is 0 Å². The average molecular weight is 533 g/mol. The van der Waals surface area contributed by atoms with E-state index in [2.05, 4.69) is 121 Å². The third kappa shape index (κ3) is 2.65. The Morgan fingerprint density at radius 1 is 0.513 bits per heavy atom. The zero-order chi connectivity index (χ0) is 25.7. The Hall–Kier alpha value is -4.17. The molecule has 2 heteroatoms. The van der Waals surface area contributed by atoms with Crippen LogP contribution in [0.2, 0.25) is 5.02 Å². The maximum atomic E-state index is 6.55. The lowest BCUT2D eigenvalue weighted by molar-refractivity contribution is 0.796. The topological polar surface area (TPSA) is 0 Å². The molecule has 7 aromatic rings. The smallest absolute Gasteiger partial charge is 0.0732 e. The van der Waals surface area contributed by atoms with Crippen molar-refractivity contribution in [2.24, 2.45) is 0 Å². The van der Waals surface area contributed by atoms with Gasteiger partial charge in [0, 0.05) is 30.8 Å². The molecule has 1 aromatic heterocycles. The van der Waals surface area contributed by atoms with Gasteiger partial charge in [-0.15, -0.1) is 11.3 Å². The minimum Gasteiger partial charge on any atom is -0.135 e. The Balaban J connectivity index is 1.50. The van der Waals surface area contributed by atoms with Gasteiger partial charge in [-0.1, -0.05) is 121 Å². The number of hydrogen-bond acceptors (Lipinski definition) is 1. The van der Waals surface area contributed by atoms with Crippen molar-refractivity contribution in [1.29, 1.82) is 0 Å². The number of benzene rings is 6. The van der Waals surface area contributed by atoms with E-state index in [1.807, 2.05) is 17.4 Å². The van der Waals surface area contributed by atoms with E-state index in [1.54, 1.807) is 0 Å². The van der Waals surface area contributed by atoms with E-state index in [1.165, 1.54) is 70.2 Å². The lowest BCUT2D eigenvalue weighted by Gasteiger charge is -2.32. The molecule has 1 unspecified atom stereocenters. The number of halogens is 1. The highest BCUT2D eigenvalue weighted by molar-refractivity contribution is 7.26. The van der Waals surface area contributed by atoms with Crippen molar-refractivity contribution in [2.75, 3.05) is 0 Å². The van der Waals surface area contributed by atoms with Crippen LogP contribution in [-0.4, -0.2) is 0 Å². The van der Waals surface area contributed by atoms with E-state index in [9.17, 15) is 0 Å². The summed E-state index contributed by atoms with van der Waals surface area (Å²) in [5, 5.41) is 3.44. The van der Waals surface area contributed by atoms with Crippen LogP contribution in [0, 0.1) is 0 Å². The van der Waals surface area contributed by atoms with Gasteiger partial charge in [-0.2, -0.15) is 0 Å². The van der Waals surface area contributed by atoms with Crippen LogP contribution < -0.4 is 0 Å². The van der Waals surface area contributed by atoms with Crippen LogP contribution in [0.1, 0.15) is 22.3 Å². The summed E-state index contributed by atoms with van der Waals surface area (Å²) in [6.45, 7) is 0. The fourth-order valence-electron chi connectivity index (χ4n) is 7.36. The lowest BCUT2D eigenvalue weighted by atomic mass is 9.68. The van der Waals surface area contributed by atoms with Gasteiger partial charge in [-0.05, 0) is 68.3 Å². The molecule has 0 saturated heterocycles. The summed E-state index contributed by atoms with van der Waals surface area (Å²) < 4.78 is 2.72. The fourth-order valence-corrected chi connectivity index (χ4v) is 8.81. The van der Waals surface area contributed by atoms with Gasteiger partial charge in [0.15, 0.2) is 0 Å². The third-order valence-electron chi connectivity index (χ3n) is 8.75. The number of rotatable bonds is 1. The molecule has 2 aliphatic rings. The van der Waals surface area contributed by atoms with Crippen LogP contribution in [-0.2, 0) is 5.41 Å². The number of thiophene rings is 1. The van der Waals surface area contributed by atoms with Gasteiger partial charge in [-0.3, -0.25) is 0 Å². The zero-order valence-electron chi connectivity index (χ0n) is 20.9. The molecule has 39 heavy (non-hydrogen) atoms. The van der Waals surface area contributed by atoms with Gasteiger partial charge in [0.2, 0.25) is 0 Å². The van der Waals surface area contributed by atoms with Crippen LogP contribution in [0.25, 0.3) is 53.6 Å². The van der Waals surface area contributed by atoms with E-state index >= 15 is 0 Å². The second-order valence-electron chi connectivity index (χ2n) is 10.5. The molecule has 182 valence electrons. The standard InChI is InChI=1S/C37H21ClS/c38-23-10-7-9-22(21-23)24-14-8-15-27-25-11-1-4-16-30(25)37(35(24)27)31-17-5-2-13-29(31)34-32(37)20-19-28-26-12-3-6-18-33(26)39-36(28)34/h1-21H. The van der Waals surface area contributed by atoms with Crippen molar-refractivity contribution in [1.82, 2.24) is 0 Å². The van der Waals surface area contributed by atoms with Crippen molar-refractivity contribution in [3.05, 3.63) is 155 Å². The van der Waals surface area contributed by atoms with Crippen molar-refractivity contribution in [3.63, 3.8) is 0 Å². The summed E-state index contributed by atoms with van der Waals surface area (Å²) in [4.78, 5) is 0. The molecule has 0 fully saturated rings. The van der Waals surface area contributed by atoms with Crippen LogP contribution in [0.15, 0.2) is 127 Å². The molecule has 2 aliphatic carbocycles. The zero-order valence-corrected chi connectivity index (χ0v) is 22.5. The Morgan fingerprint density at radius 2 is 1.21 bits per heavy atom. The van der Waals surface area contributed by atoms with Crippen LogP contribution >= 0.6 is 22.9 Å². The lowest BCUT2D eigenvalue weighted by Crippen LogP contribution is -2.26. The monoisotopic (exact) mass is 532 g/mol. The van der Waals surface area contributed by atoms with Crippen LogP contribution in [0.3, 0.4) is 0 Å². The molecule has 0 nitrogen and oxygen atoms in total. The molecule has 9 rings (SSSR count). The van der Waals surface area contributed by atoms with Gasteiger partial charge in [0.1, 0.15) is 0 Å². The molecule has 6 aromatic carbocycles. The van der Waals surface area contributed by atoms with Gasteiger partial charge in [-0.25, -0.2) is 0 Å². The van der Waals surface area contributed by atoms with Crippen molar-refractivity contribution in [3.8, 4) is 33.4 Å². The maximum absolute atomic E-state index is 6.55. The van der Waals surface area contributed by atoms with Gasteiger partial charge >= 0.3 is 0 Å². The molecular formula is C37H21ClS. The first-order valence-corrected chi connectivity index (χ1v) is 14.5. The fraction of sp³-hybridized carbons (Fsp3) is 0.0270. The first kappa shape index (κ1) is 21.7. The summed E-state index contributed by atoms with van der Waals surface area (Å²) in [5.41, 5.74) is 12.8. The molecule has 0 N–H and O–H groups in total. The van der Waals surface area contributed by atoms with E-state index in [0.29, 0.717) is 0 Å². The Labute approximate surface area is 235 Å². The van der Waals surface area contributed by atoms with Crippen LogP contribution in [0.5, 0.6) is 0 Å². The molecule has 1 spiro atoms. The molecule has 0 aliphatic heterocycles. The predicted molar refractivity (Wildman–Crippen MR) is 166 cm³/mol. The average Bonchev–Trinajstić information content (AvgIpc) is 3.61. The quantitative estimate of drug-likeness (QED) is 0.197. The van der Waals surface area contributed by atoms with Gasteiger partial charge in [0.25, 0.3) is 0 Å². The van der Waals surface area contributed by atoms with E-state index < -0.39 is 5.41 Å². The predicted octanol–water partition coefficient (Wildman–Crippen LogP) is 10.7. The Bertz CT molecular complexity index is 2150. The summed E-state index contributed by atoms with van der Waals surface area (Å²) in [6.07, 6.45) is 0. The highest BCUT2D eigenvalue weighted by Gasteiger charge is 2.53. The molecular weight excluding hydrogens is 512 g/mol. The normalized spacial score (nSPS) is 16.4. The molecule has 0 saturated carbocycles. The first-order chi connectivity index (χ1) is 19.3. The molecule has 1 atom stereocenters. The van der Waals surface area contributed by atoms with E-state index in [0.717, 1.165) is 10.6 Å². The third-order valence-corrected chi connectivity index (χ3v) is 10.2. The summed E-state index contributed by atoms with van der Waals surface area (Å²) >= 11 is 8.47. The molecule has 0 bridgehead atoms. The second-order valence-corrected chi connectivity index (χ2v) is 12.0. The van der Waals surface area contributed by atoms with Gasteiger partial charge < -0.3 is 0 Å². The SMILES string of the molecule is Clc1cccc(-c2cccc3c2C2(c4ccccc4-3)c3ccccc3-c3c2ccc2c3sc3ccccc32)c1.